The first-order valence-corrected chi connectivity index (χ1v) is 6.70. The van der Waals surface area contributed by atoms with E-state index in [1.54, 1.807) is 31.9 Å². The molecule has 5 heteroatoms. The highest BCUT2D eigenvalue weighted by atomic mass is 32.2. The number of hydrogen-bond donors (Lipinski definition) is 1. The lowest BCUT2D eigenvalue weighted by molar-refractivity contribution is -0.142. The van der Waals surface area contributed by atoms with E-state index in [9.17, 15) is 4.79 Å². The van der Waals surface area contributed by atoms with Gasteiger partial charge in [0, 0.05) is 21.9 Å². The minimum absolute atomic E-state index is 0.126. The quantitative estimate of drug-likeness (QED) is 0.489. The van der Waals surface area contributed by atoms with Gasteiger partial charge in [-0.2, -0.15) is 0 Å². The molecule has 0 heterocycles. The van der Waals surface area contributed by atoms with E-state index in [4.69, 9.17) is 15.2 Å². The van der Waals surface area contributed by atoms with E-state index in [0.717, 1.165) is 10.6 Å². The van der Waals surface area contributed by atoms with Gasteiger partial charge in [0.2, 0.25) is 0 Å². The van der Waals surface area contributed by atoms with Gasteiger partial charge in [-0.05, 0) is 19.1 Å². The standard InChI is InChI=1S/C13H19NO3S/c1-4-17-13(15)7-9(2)18-12-6-5-10(14)8-11(12)16-3/h5-6,8-9H,4,7,14H2,1-3H3. The van der Waals surface area contributed by atoms with E-state index in [1.165, 1.54) is 0 Å². The van der Waals surface area contributed by atoms with Gasteiger partial charge in [-0.1, -0.05) is 6.92 Å². The minimum Gasteiger partial charge on any atom is -0.496 e. The van der Waals surface area contributed by atoms with E-state index < -0.39 is 0 Å². The maximum atomic E-state index is 11.4. The molecule has 0 saturated carbocycles. The van der Waals surface area contributed by atoms with E-state index in [0.29, 0.717) is 18.7 Å². The summed E-state index contributed by atoms with van der Waals surface area (Å²) < 4.78 is 10.2. The number of carbonyl (C=O) groups is 1. The number of methoxy groups -OCH3 is 1. The predicted molar refractivity (Wildman–Crippen MR) is 74.0 cm³/mol. The molecule has 1 unspecified atom stereocenters. The molecule has 0 spiro atoms. The summed E-state index contributed by atoms with van der Waals surface area (Å²) in [4.78, 5) is 12.3. The molecule has 2 N–H and O–H groups in total. The molecule has 18 heavy (non-hydrogen) atoms. The number of carbonyl (C=O) groups excluding carboxylic acids is 1. The molecule has 0 fully saturated rings. The average Bonchev–Trinajstić information content (AvgIpc) is 2.31. The Morgan fingerprint density at radius 3 is 2.83 bits per heavy atom. The molecule has 0 aliphatic rings. The monoisotopic (exact) mass is 269 g/mol. The van der Waals surface area contributed by atoms with E-state index in [2.05, 4.69) is 0 Å². The summed E-state index contributed by atoms with van der Waals surface area (Å²) in [6, 6.07) is 5.50. The highest BCUT2D eigenvalue weighted by Gasteiger charge is 2.13. The minimum atomic E-state index is -0.174. The molecule has 100 valence electrons. The van der Waals surface area contributed by atoms with Crippen LogP contribution in [0.15, 0.2) is 23.1 Å². The van der Waals surface area contributed by atoms with Crippen LogP contribution in [0.2, 0.25) is 0 Å². The van der Waals surface area contributed by atoms with Gasteiger partial charge >= 0.3 is 5.97 Å². The Kier molecular flexibility index (Phi) is 5.85. The molecule has 0 radical (unpaired) electrons. The molecular formula is C13H19NO3S. The van der Waals surface area contributed by atoms with Gasteiger partial charge in [0.1, 0.15) is 5.75 Å². The lowest BCUT2D eigenvalue weighted by atomic mass is 10.3. The van der Waals surface area contributed by atoms with Gasteiger partial charge in [0.15, 0.2) is 0 Å². The van der Waals surface area contributed by atoms with Crippen molar-refractivity contribution in [1.29, 1.82) is 0 Å². The average molecular weight is 269 g/mol. The maximum absolute atomic E-state index is 11.4. The summed E-state index contributed by atoms with van der Waals surface area (Å²) in [5.74, 6) is 0.558. The Bertz CT molecular complexity index is 409. The van der Waals surface area contributed by atoms with Crippen LogP contribution in [0.1, 0.15) is 20.3 Å². The zero-order chi connectivity index (χ0) is 13.5. The zero-order valence-electron chi connectivity index (χ0n) is 10.9. The van der Waals surface area contributed by atoms with Crippen molar-refractivity contribution in [2.45, 2.75) is 30.4 Å². The predicted octanol–water partition coefficient (Wildman–Crippen LogP) is 2.71. The van der Waals surface area contributed by atoms with Crippen LogP contribution in [-0.2, 0) is 9.53 Å². The molecule has 1 aromatic rings. The van der Waals surface area contributed by atoms with Gasteiger partial charge in [-0.15, -0.1) is 11.8 Å². The number of hydrogen-bond acceptors (Lipinski definition) is 5. The van der Waals surface area contributed by atoms with Crippen molar-refractivity contribution in [1.82, 2.24) is 0 Å². The summed E-state index contributed by atoms with van der Waals surface area (Å²) in [5.41, 5.74) is 6.35. The first-order valence-electron chi connectivity index (χ1n) is 5.82. The SMILES string of the molecule is CCOC(=O)CC(C)Sc1ccc(N)cc1OC. The molecular weight excluding hydrogens is 250 g/mol. The third-order valence-corrected chi connectivity index (χ3v) is 3.44. The lowest BCUT2D eigenvalue weighted by Crippen LogP contribution is -2.10. The summed E-state index contributed by atoms with van der Waals surface area (Å²) in [5, 5.41) is 0.126. The second-order valence-electron chi connectivity index (χ2n) is 3.85. The highest BCUT2D eigenvalue weighted by Crippen LogP contribution is 2.34. The Morgan fingerprint density at radius 2 is 2.22 bits per heavy atom. The molecule has 0 aromatic heterocycles. The van der Waals surface area contributed by atoms with Crippen molar-refractivity contribution in [2.75, 3.05) is 19.5 Å². The number of nitrogen functional groups attached to an aromatic ring is 1. The second kappa shape index (κ2) is 7.16. The smallest absolute Gasteiger partial charge is 0.306 e. The first-order chi connectivity index (χ1) is 8.56. The van der Waals surface area contributed by atoms with Crippen molar-refractivity contribution < 1.29 is 14.3 Å². The third-order valence-electron chi connectivity index (χ3n) is 2.28. The summed E-state index contributed by atoms with van der Waals surface area (Å²) in [6.45, 7) is 4.21. The van der Waals surface area contributed by atoms with Crippen molar-refractivity contribution in [2.24, 2.45) is 0 Å². The van der Waals surface area contributed by atoms with E-state index >= 15 is 0 Å². The van der Waals surface area contributed by atoms with Crippen LogP contribution < -0.4 is 10.5 Å². The van der Waals surface area contributed by atoms with Crippen LogP contribution in [0.25, 0.3) is 0 Å². The normalized spacial score (nSPS) is 11.9. The first kappa shape index (κ1) is 14.7. The number of anilines is 1. The third kappa shape index (κ3) is 4.49. The second-order valence-corrected chi connectivity index (χ2v) is 5.33. The van der Waals surface area contributed by atoms with Gasteiger partial charge < -0.3 is 15.2 Å². The molecule has 1 rings (SSSR count). The molecule has 0 bridgehead atoms. The van der Waals surface area contributed by atoms with E-state index in [1.807, 2.05) is 19.1 Å². The summed E-state index contributed by atoms with van der Waals surface area (Å²) in [6.07, 6.45) is 0.381. The largest absolute Gasteiger partial charge is 0.496 e. The number of esters is 1. The van der Waals surface area contributed by atoms with Gasteiger partial charge in [0.25, 0.3) is 0 Å². The Hall–Kier alpha value is -1.36. The Morgan fingerprint density at radius 1 is 1.50 bits per heavy atom. The van der Waals surface area contributed by atoms with Gasteiger partial charge in [0.05, 0.1) is 20.1 Å². The Labute approximate surface area is 112 Å². The van der Waals surface area contributed by atoms with E-state index in [-0.39, 0.29) is 11.2 Å². The fourth-order valence-electron chi connectivity index (χ4n) is 1.49. The summed E-state index contributed by atoms with van der Waals surface area (Å²) in [7, 11) is 1.61. The van der Waals surface area contributed by atoms with Crippen LogP contribution in [-0.4, -0.2) is 24.9 Å². The Balaban J connectivity index is 2.63. The van der Waals surface area contributed by atoms with Crippen LogP contribution in [0, 0.1) is 0 Å². The number of ether oxygens (including phenoxy) is 2. The maximum Gasteiger partial charge on any atom is 0.306 e. The zero-order valence-corrected chi connectivity index (χ0v) is 11.8. The van der Waals surface area contributed by atoms with Crippen molar-refractivity contribution >= 4 is 23.4 Å². The van der Waals surface area contributed by atoms with Crippen LogP contribution in [0.5, 0.6) is 5.75 Å². The molecule has 0 aliphatic carbocycles. The van der Waals surface area contributed by atoms with Crippen molar-refractivity contribution in [3.05, 3.63) is 18.2 Å². The molecule has 0 amide bonds. The van der Waals surface area contributed by atoms with Crippen molar-refractivity contribution in [3.63, 3.8) is 0 Å². The van der Waals surface area contributed by atoms with Crippen LogP contribution in [0.4, 0.5) is 5.69 Å². The van der Waals surface area contributed by atoms with Crippen LogP contribution >= 0.6 is 11.8 Å². The number of nitrogens with two attached hydrogens (primary N) is 1. The number of benzene rings is 1. The number of rotatable bonds is 6. The van der Waals surface area contributed by atoms with Crippen molar-refractivity contribution in [3.8, 4) is 5.75 Å². The number of thioether (sulfide) groups is 1. The topological polar surface area (TPSA) is 61.5 Å². The molecule has 1 aromatic carbocycles. The molecule has 0 saturated heterocycles. The molecule has 4 nitrogen and oxygen atoms in total. The van der Waals surface area contributed by atoms with Gasteiger partial charge in [-0.25, -0.2) is 0 Å². The fraction of sp³-hybridized carbons (Fsp3) is 0.462. The van der Waals surface area contributed by atoms with Crippen LogP contribution in [0.3, 0.4) is 0 Å². The molecule has 0 aliphatic heterocycles. The fourth-order valence-corrected chi connectivity index (χ4v) is 2.55. The van der Waals surface area contributed by atoms with Gasteiger partial charge in [-0.3, -0.25) is 4.79 Å². The molecule has 1 atom stereocenters. The summed E-state index contributed by atoms with van der Waals surface area (Å²) >= 11 is 1.58. The lowest BCUT2D eigenvalue weighted by Gasteiger charge is -2.13. The highest BCUT2D eigenvalue weighted by molar-refractivity contribution is 8.00.